The first kappa shape index (κ1) is 14.1. The van der Waals surface area contributed by atoms with E-state index < -0.39 is 0 Å². The van der Waals surface area contributed by atoms with Crippen molar-refractivity contribution in [3.63, 3.8) is 0 Å². The summed E-state index contributed by atoms with van der Waals surface area (Å²) in [4.78, 5) is 0. The van der Waals surface area contributed by atoms with E-state index in [1.807, 2.05) is 19.1 Å². The molecule has 21 heavy (non-hydrogen) atoms. The molecule has 112 valence electrons. The van der Waals surface area contributed by atoms with Crippen LogP contribution in [0.4, 0.5) is 0 Å². The van der Waals surface area contributed by atoms with E-state index in [4.69, 9.17) is 21.1 Å². The van der Waals surface area contributed by atoms with Crippen LogP contribution in [0.25, 0.3) is 0 Å². The molecule has 7 nitrogen and oxygen atoms in total. The monoisotopic (exact) mass is 309 g/mol. The minimum atomic E-state index is -0.0153. The second-order valence-corrected chi connectivity index (χ2v) is 5.24. The highest BCUT2D eigenvalue weighted by Crippen LogP contribution is 2.38. The molecule has 8 heteroatoms. The van der Waals surface area contributed by atoms with Crippen LogP contribution in [0.15, 0.2) is 12.1 Å². The summed E-state index contributed by atoms with van der Waals surface area (Å²) in [6.07, 6.45) is 0.855. The van der Waals surface area contributed by atoms with E-state index in [9.17, 15) is 0 Å². The van der Waals surface area contributed by atoms with Crippen molar-refractivity contribution in [3.05, 3.63) is 28.5 Å². The van der Waals surface area contributed by atoms with Crippen molar-refractivity contribution in [2.45, 2.75) is 25.9 Å². The number of rotatable bonds is 4. The van der Waals surface area contributed by atoms with Crippen LogP contribution in [-0.2, 0) is 6.54 Å². The van der Waals surface area contributed by atoms with Gasteiger partial charge in [-0.25, -0.2) is 0 Å². The predicted molar refractivity (Wildman–Crippen MR) is 76.5 cm³/mol. The Bertz CT molecular complexity index is 605. The molecule has 1 atom stereocenters. The SMILES string of the molecule is CC(NCc1cc(Cl)c2c(c1)OCCCO2)c1nn[nH]n1. The lowest BCUT2D eigenvalue weighted by Gasteiger charge is -2.13. The number of fused-ring (bicyclic) bond motifs is 1. The Morgan fingerprint density at radius 2 is 2.24 bits per heavy atom. The van der Waals surface area contributed by atoms with Crippen LogP contribution in [-0.4, -0.2) is 33.8 Å². The average Bonchev–Trinajstić information content (AvgIpc) is 2.91. The maximum Gasteiger partial charge on any atom is 0.191 e. The topological polar surface area (TPSA) is 85.0 Å². The number of nitrogens with zero attached hydrogens (tertiary/aromatic N) is 3. The summed E-state index contributed by atoms with van der Waals surface area (Å²) in [5.41, 5.74) is 1.01. The Balaban J connectivity index is 1.71. The summed E-state index contributed by atoms with van der Waals surface area (Å²) in [5, 5.41) is 17.8. The third-order valence-corrected chi connectivity index (χ3v) is 3.50. The molecule has 0 saturated heterocycles. The van der Waals surface area contributed by atoms with E-state index in [-0.39, 0.29) is 6.04 Å². The zero-order valence-electron chi connectivity index (χ0n) is 11.6. The Hall–Kier alpha value is -1.86. The summed E-state index contributed by atoms with van der Waals surface area (Å²) in [7, 11) is 0. The van der Waals surface area contributed by atoms with Gasteiger partial charge in [0.2, 0.25) is 0 Å². The molecule has 0 aliphatic carbocycles. The normalized spacial score (nSPS) is 15.5. The number of H-pyrrole nitrogens is 1. The van der Waals surface area contributed by atoms with Gasteiger partial charge in [-0.05, 0) is 24.6 Å². The first-order valence-corrected chi connectivity index (χ1v) is 7.16. The molecular weight excluding hydrogens is 294 g/mol. The Labute approximate surface area is 127 Å². The zero-order valence-corrected chi connectivity index (χ0v) is 12.4. The molecule has 0 amide bonds. The van der Waals surface area contributed by atoms with Crippen LogP contribution < -0.4 is 14.8 Å². The third kappa shape index (κ3) is 3.25. The van der Waals surface area contributed by atoms with Gasteiger partial charge < -0.3 is 14.8 Å². The molecule has 3 rings (SSSR count). The maximum absolute atomic E-state index is 6.26. The van der Waals surface area contributed by atoms with Gasteiger partial charge in [0, 0.05) is 13.0 Å². The minimum absolute atomic E-state index is 0.0153. The van der Waals surface area contributed by atoms with Crippen molar-refractivity contribution in [2.24, 2.45) is 0 Å². The second kappa shape index (κ2) is 6.28. The average molecular weight is 310 g/mol. The molecule has 1 aliphatic heterocycles. The fraction of sp³-hybridized carbons (Fsp3) is 0.462. The molecule has 2 N–H and O–H groups in total. The van der Waals surface area contributed by atoms with E-state index in [2.05, 4.69) is 25.9 Å². The third-order valence-electron chi connectivity index (χ3n) is 3.22. The van der Waals surface area contributed by atoms with Crippen molar-refractivity contribution < 1.29 is 9.47 Å². The van der Waals surface area contributed by atoms with Crippen molar-refractivity contribution in [2.75, 3.05) is 13.2 Å². The highest BCUT2D eigenvalue weighted by Gasteiger charge is 2.16. The highest BCUT2D eigenvalue weighted by molar-refractivity contribution is 6.32. The minimum Gasteiger partial charge on any atom is -0.489 e. The molecule has 1 aromatic carbocycles. The number of benzene rings is 1. The van der Waals surface area contributed by atoms with Crippen molar-refractivity contribution in [1.29, 1.82) is 0 Å². The van der Waals surface area contributed by atoms with E-state index in [1.54, 1.807) is 0 Å². The fourth-order valence-electron chi connectivity index (χ4n) is 2.10. The molecular formula is C13H16ClN5O2. The lowest BCUT2D eigenvalue weighted by Crippen LogP contribution is -2.19. The number of ether oxygens (including phenoxy) is 2. The first-order chi connectivity index (χ1) is 10.2. The summed E-state index contributed by atoms with van der Waals surface area (Å²) in [6, 6.07) is 3.81. The Morgan fingerprint density at radius 3 is 3.05 bits per heavy atom. The number of nitrogens with one attached hydrogen (secondary N) is 2. The van der Waals surface area contributed by atoms with Gasteiger partial charge in [-0.3, -0.25) is 0 Å². The Morgan fingerprint density at radius 1 is 1.38 bits per heavy atom. The Kier molecular flexibility index (Phi) is 4.21. The van der Waals surface area contributed by atoms with Gasteiger partial charge in [-0.2, -0.15) is 5.21 Å². The summed E-state index contributed by atoms with van der Waals surface area (Å²) in [6.45, 7) is 3.85. The quantitative estimate of drug-likeness (QED) is 0.897. The van der Waals surface area contributed by atoms with Gasteiger partial charge in [-0.1, -0.05) is 16.8 Å². The van der Waals surface area contributed by atoms with Crippen molar-refractivity contribution in [1.82, 2.24) is 25.9 Å². The molecule has 0 spiro atoms. The molecule has 1 aliphatic rings. The molecule has 2 heterocycles. The van der Waals surface area contributed by atoms with Gasteiger partial charge in [0.05, 0.1) is 24.3 Å². The van der Waals surface area contributed by atoms with Crippen LogP contribution in [0.2, 0.25) is 5.02 Å². The standard InChI is InChI=1S/C13H16ClN5O2/c1-8(13-16-18-19-17-13)15-7-9-5-10(14)12-11(6-9)20-3-2-4-21-12/h5-6,8,15H,2-4,7H2,1H3,(H,16,17,18,19). The van der Waals surface area contributed by atoms with Gasteiger partial charge in [-0.15, -0.1) is 10.2 Å². The summed E-state index contributed by atoms with van der Waals surface area (Å²) >= 11 is 6.26. The number of hydrogen-bond acceptors (Lipinski definition) is 6. The van der Waals surface area contributed by atoms with Crippen LogP contribution in [0, 0.1) is 0 Å². The summed E-state index contributed by atoms with van der Waals surface area (Å²) in [5.74, 6) is 1.95. The fourth-order valence-corrected chi connectivity index (χ4v) is 2.39. The van der Waals surface area contributed by atoms with Crippen LogP contribution in [0.5, 0.6) is 11.5 Å². The van der Waals surface area contributed by atoms with Gasteiger partial charge in [0.1, 0.15) is 0 Å². The lowest BCUT2D eigenvalue weighted by molar-refractivity contribution is 0.297. The van der Waals surface area contributed by atoms with Crippen LogP contribution >= 0.6 is 11.6 Å². The highest BCUT2D eigenvalue weighted by atomic mass is 35.5. The second-order valence-electron chi connectivity index (χ2n) is 4.83. The smallest absolute Gasteiger partial charge is 0.191 e. The van der Waals surface area contributed by atoms with Gasteiger partial charge in [0.15, 0.2) is 17.3 Å². The van der Waals surface area contributed by atoms with E-state index in [1.165, 1.54) is 0 Å². The molecule has 1 unspecified atom stereocenters. The molecule has 0 saturated carbocycles. The number of aromatic nitrogens is 4. The maximum atomic E-state index is 6.26. The van der Waals surface area contributed by atoms with E-state index in [0.717, 1.165) is 12.0 Å². The first-order valence-electron chi connectivity index (χ1n) is 6.79. The summed E-state index contributed by atoms with van der Waals surface area (Å²) < 4.78 is 11.3. The number of aromatic amines is 1. The lowest BCUT2D eigenvalue weighted by atomic mass is 10.2. The number of tetrazole rings is 1. The molecule has 2 aromatic rings. The van der Waals surface area contributed by atoms with Crippen molar-refractivity contribution in [3.8, 4) is 11.5 Å². The molecule has 0 fully saturated rings. The number of halogens is 1. The zero-order chi connectivity index (χ0) is 14.7. The largest absolute Gasteiger partial charge is 0.489 e. The van der Waals surface area contributed by atoms with Crippen LogP contribution in [0.3, 0.4) is 0 Å². The molecule has 0 radical (unpaired) electrons. The van der Waals surface area contributed by atoms with Crippen LogP contribution in [0.1, 0.15) is 30.8 Å². The van der Waals surface area contributed by atoms with Gasteiger partial charge in [0.25, 0.3) is 0 Å². The van der Waals surface area contributed by atoms with E-state index >= 15 is 0 Å². The predicted octanol–water partition coefficient (Wildman–Crippen LogP) is 1.87. The molecule has 0 bridgehead atoms. The van der Waals surface area contributed by atoms with Gasteiger partial charge >= 0.3 is 0 Å². The molecule has 1 aromatic heterocycles. The van der Waals surface area contributed by atoms with E-state index in [0.29, 0.717) is 42.1 Å². The number of hydrogen-bond donors (Lipinski definition) is 2. The van der Waals surface area contributed by atoms with Crippen molar-refractivity contribution >= 4 is 11.6 Å².